The van der Waals surface area contributed by atoms with Gasteiger partial charge in [0.05, 0.1) is 17.6 Å². The Bertz CT molecular complexity index is 764. The van der Waals surface area contributed by atoms with Crippen molar-refractivity contribution in [2.45, 2.75) is 60.0 Å². The number of nitrogens with zero attached hydrogens (tertiary/aromatic N) is 4. The maximum Gasteiger partial charge on any atom is 0.242 e. The van der Waals surface area contributed by atoms with E-state index in [1.54, 1.807) is 0 Å². The first-order chi connectivity index (χ1) is 13.4. The second-order valence-corrected chi connectivity index (χ2v) is 9.03. The number of benzene rings is 1. The molecule has 28 heavy (non-hydrogen) atoms. The number of piperidine rings is 1. The van der Waals surface area contributed by atoms with Crippen molar-refractivity contribution in [3.8, 4) is 0 Å². The second-order valence-electron chi connectivity index (χ2n) is 9.03. The van der Waals surface area contributed by atoms with Gasteiger partial charge in [-0.1, -0.05) is 46.2 Å². The van der Waals surface area contributed by atoms with Crippen molar-refractivity contribution in [1.82, 2.24) is 19.4 Å². The van der Waals surface area contributed by atoms with Crippen molar-refractivity contribution in [1.29, 1.82) is 0 Å². The number of carbonyl (C=O) groups is 1. The van der Waals surface area contributed by atoms with Gasteiger partial charge in [0.25, 0.3) is 0 Å². The largest absolute Gasteiger partial charge is 0.341 e. The van der Waals surface area contributed by atoms with Crippen molar-refractivity contribution < 1.29 is 4.79 Å². The summed E-state index contributed by atoms with van der Waals surface area (Å²) in [6.07, 6.45) is 3.84. The molecule has 1 aliphatic rings. The van der Waals surface area contributed by atoms with Gasteiger partial charge in [-0.25, -0.2) is 4.98 Å². The number of fused-ring (bicyclic) bond motifs is 1. The van der Waals surface area contributed by atoms with E-state index in [4.69, 9.17) is 4.98 Å². The Morgan fingerprint density at radius 1 is 1.04 bits per heavy atom. The van der Waals surface area contributed by atoms with Gasteiger partial charge in [-0.2, -0.15) is 0 Å². The molecule has 0 saturated carbocycles. The fourth-order valence-electron chi connectivity index (χ4n) is 4.14. The highest BCUT2D eigenvalue weighted by atomic mass is 16.2. The molecule has 1 aromatic carbocycles. The lowest BCUT2D eigenvalue weighted by Crippen LogP contribution is -2.39. The van der Waals surface area contributed by atoms with Gasteiger partial charge in [-0.3, -0.25) is 9.69 Å². The van der Waals surface area contributed by atoms with E-state index in [1.807, 2.05) is 17.0 Å². The average Bonchev–Trinajstić information content (AvgIpc) is 2.98. The molecule has 0 bridgehead atoms. The molecule has 2 aromatic rings. The monoisotopic (exact) mass is 384 g/mol. The zero-order chi connectivity index (χ0) is 20.1. The van der Waals surface area contributed by atoms with Crippen LogP contribution in [0.15, 0.2) is 24.3 Å². The van der Waals surface area contributed by atoms with Gasteiger partial charge in [-0.05, 0) is 49.9 Å². The van der Waals surface area contributed by atoms with Crippen LogP contribution in [0.4, 0.5) is 0 Å². The molecule has 154 valence electrons. The van der Waals surface area contributed by atoms with Crippen LogP contribution in [0.3, 0.4) is 0 Å². The Morgan fingerprint density at radius 3 is 2.32 bits per heavy atom. The van der Waals surface area contributed by atoms with Crippen LogP contribution in [-0.2, 0) is 17.9 Å². The predicted octanol–water partition coefficient (Wildman–Crippen LogP) is 4.16. The zero-order valence-electron chi connectivity index (χ0n) is 18.0. The number of amides is 1. The van der Waals surface area contributed by atoms with Crippen molar-refractivity contribution in [3.05, 3.63) is 30.1 Å². The number of para-hydroxylation sites is 2. The second kappa shape index (κ2) is 9.55. The van der Waals surface area contributed by atoms with Gasteiger partial charge < -0.3 is 9.47 Å². The normalized spacial score (nSPS) is 15.6. The minimum Gasteiger partial charge on any atom is -0.341 e. The number of rotatable bonds is 8. The smallest absolute Gasteiger partial charge is 0.242 e. The molecule has 0 N–H and O–H groups in total. The number of carbonyl (C=O) groups excluding carboxylic acids is 1. The lowest BCUT2D eigenvalue weighted by Gasteiger charge is -2.28. The summed E-state index contributed by atoms with van der Waals surface area (Å²) in [4.78, 5) is 22.6. The number of hydrogen-bond donors (Lipinski definition) is 0. The third-order valence-electron chi connectivity index (χ3n) is 5.36. The number of likely N-dealkylation sites (tertiary alicyclic amines) is 1. The molecule has 0 atom stereocenters. The lowest BCUT2D eigenvalue weighted by molar-refractivity contribution is -0.132. The van der Waals surface area contributed by atoms with Gasteiger partial charge in [0, 0.05) is 13.1 Å². The number of aromatic nitrogens is 2. The first kappa shape index (κ1) is 20.8. The molecule has 0 radical (unpaired) electrons. The van der Waals surface area contributed by atoms with Crippen molar-refractivity contribution in [3.63, 3.8) is 0 Å². The molecule has 0 spiro atoms. The summed E-state index contributed by atoms with van der Waals surface area (Å²) in [7, 11) is 0. The van der Waals surface area contributed by atoms with E-state index >= 15 is 0 Å². The van der Waals surface area contributed by atoms with Gasteiger partial charge in [0.2, 0.25) is 5.91 Å². The zero-order valence-corrected chi connectivity index (χ0v) is 18.0. The fourth-order valence-corrected chi connectivity index (χ4v) is 4.14. The molecule has 5 nitrogen and oxygen atoms in total. The summed E-state index contributed by atoms with van der Waals surface area (Å²) in [5.74, 6) is 2.15. The highest BCUT2D eigenvalue weighted by Crippen LogP contribution is 2.20. The molecule has 1 fully saturated rings. The first-order valence-electron chi connectivity index (χ1n) is 10.9. The van der Waals surface area contributed by atoms with E-state index in [9.17, 15) is 4.79 Å². The Hall–Kier alpha value is -1.88. The Morgan fingerprint density at radius 2 is 1.68 bits per heavy atom. The Labute approximate surface area is 169 Å². The summed E-state index contributed by atoms with van der Waals surface area (Å²) in [5, 5.41) is 0. The van der Waals surface area contributed by atoms with Crippen molar-refractivity contribution in [2.75, 3.05) is 26.2 Å². The maximum absolute atomic E-state index is 13.2. The lowest BCUT2D eigenvalue weighted by atomic mass is 10.1. The van der Waals surface area contributed by atoms with E-state index in [0.29, 0.717) is 18.4 Å². The van der Waals surface area contributed by atoms with Gasteiger partial charge in [-0.15, -0.1) is 0 Å². The summed E-state index contributed by atoms with van der Waals surface area (Å²) < 4.78 is 2.15. The van der Waals surface area contributed by atoms with Crippen LogP contribution in [0.5, 0.6) is 0 Å². The average molecular weight is 385 g/mol. The topological polar surface area (TPSA) is 41.4 Å². The fraction of sp³-hybridized carbons (Fsp3) is 0.652. The van der Waals surface area contributed by atoms with Crippen LogP contribution in [0, 0.1) is 11.8 Å². The molecular formula is C23H36N4O. The highest BCUT2D eigenvalue weighted by Gasteiger charge is 2.21. The molecule has 3 rings (SSSR count). The van der Waals surface area contributed by atoms with E-state index < -0.39 is 0 Å². The molecule has 1 amide bonds. The van der Waals surface area contributed by atoms with Crippen LogP contribution in [0.2, 0.25) is 0 Å². The highest BCUT2D eigenvalue weighted by molar-refractivity contribution is 5.81. The molecule has 0 unspecified atom stereocenters. The molecule has 2 heterocycles. The SMILES string of the molecule is CC(C)CN(CC(C)C)C(=O)Cn1c(CN2CCCCC2)nc2ccccc21. The van der Waals surface area contributed by atoms with Crippen LogP contribution in [0.25, 0.3) is 11.0 Å². The molecule has 0 aliphatic carbocycles. The molecule has 1 aliphatic heterocycles. The predicted molar refractivity (Wildman–Crippen MR) is 115 cm³/mol. The van der Waals surface area contributed by atoms with E-state index in [-0.39, 0.29) is 5.91 Å². The molecule has 1 saturated heterocycles. The van der Waals surface area contributed by atoms with Gasteiger partial charge >= 0.3 is 0 Å². The van der Waals surface area contributed by atoms with Crippen molar-refractivity contribution in [2.24, 2.45) is 11.8 Å². The summed E-state index contributed by atoms with van der Waals surface area (Å²) >= 11 is 0. The molecule has 1 aromatic heterocycles. The van der Waals surface area contributed by atoms with Gasteiger partial charge in [0.1, 0.15) is 12.4 Å². The van der Waals surface area contributed by atoms with Gasteiger partial charge in [0.15, 0.2) is 0 Å². The minimum absolute atomic E-state index is 0.199. The number of hydrogen-bond acceptors (Lipinski definition) is 3. The van der Waals surface area contributed by atoms with Crippen LogP contribution < -0.4 is 0 Å². The third kappa shape index (κ3) is 5.34. The Kier molecular flexibility index (Phi) is 7.11. The quantitative estimate of drug-likeness (QED) is 0.686. The summed E-state index contributed by atoms with van der Waals surface area (Å²) in [5.41, 5.74) is 2.05. The standard InChI is InChI=1S/C23H36N4O/c1-18(2)14-26(15-19(3)4)23(28)17-27-21-11-7-6-10-20(21)24-22(27)16-25-12-8-5-9-13-25/h6-7,10-11,18-19H,5,8-9,12-17H2,1-4H3. The maximum atomic E-state index is 13.2. The van der Waals surface area contributed by atoms with E-state index in [0.717, 1.165) is 49.6 Å². The molecule has 5 heteroatoms. The Balaban J connectivity index is 1.85. The summed E-state index contributed by atoms with van der Waals surface area (Å²) in [6, 6.07) is 8.20. The number of imidazole rings is 1. The van der Waals surface area contributed by atoms with Crippen LogP contribution in [0.1, 0.15) is 52.8 Å². The molecular weight excluding hydrogens is 348 g/mol. The summed E-state index contributed by atoms with van der Waals surface area (Å²) in [6.45, 7) is 13.8. The van der Waals surface area contributed by atoms with Crippen molar-refractivity contribution >= 4 is 16.9 Å². The first-order valence-corrected chi connectivity index (χ1v) is 10.9. The van der Waals surface area contributed by atoms with E-state index in [1.165, 1.54) is 19.3 Å². The minimum atomic E-state index is 0.199. The van der Waals surface area contributed by atoms with Crippen LogP contribution >= 0.6 is 0 Å². The van der Waals surface area contributed by atoms with E-state index in [2.05, 4.69) is 49.3 Å². The van der Waals surface area contributed by atoms with Crippen LogP contribution in [-0.4, -0.2) is 51.4 Å². The third-order valence-corrected chi connectivity index (χ3v) is 5.36.